The minimum Gasteiger partial charge on any atom is -0.402 e. The summed E-state index contributed by atoms with van der Waals surface area (Å²) in [6.45, 7) is 2.70. The lowest BCUT2D eigenvalue weighted by Crippen LogP contribution is -2.36. The number of hydrogen-bond acceptors (Lipinski definition) is 7. The molecule has 0 unspecified atom stereocenters. The molecule has 1 fully saturated rings. The van der Waals surface area contributed by atoms with Gasteiger partial charge in [-0.3, -0.25) is 4.98 Å². The first-order valence-electron chi connectivity index (χ1n) is 11.3. The Morgan fingerprint density at radius 3 is 2.94 bits per heavy atom. The molecule has 1 atom stereocenters. The number of aromatic amines is 1. The molecule has 0 bridgehead atoms. The number of fused-ring (bicyclic) bond motifs is 2. The SMILES string of the molecule is Cc1cccnc1-c1nnc(N2CCc3[nH]cnc3[C@H]2c2cc3c(C4CC4)cccn3n2)o1. The third-order valence-electron chi connectivity index (χ3n) is 6.65. The molecule has 9 nitrogen and oxygen atoms in total. The zero-order valence-electron chi connectivity index (χ0n) is 18.1. The van der Waals surface area contributed by atoms with Crippen molar-refractivity contribution in [1.29, 1.82) is 0 Å². The lowest BCUT2D eigenvalue weighted by molar-refractivity contribution is 0.502. The maximum Gasteiger partial charge on any atom is 0.319 e. The lowest BCUT2D eigenvalue weighted by Gasteiger charge is -2.32. The van der Waals surface area contributed by atoms with Gasteiger partial charge in [-0.05, 0) is 55.0 Å². The standard InChI is InChI=1S/C24H22N8O/c1-14-4-2-9-25-20(14)23-28-29-24(33-23)31-11-8-17-21(27-13-26-17)22(31)18-12-19-16(15-6-7-15)5-3-10-32(19)30-18/h2-5,9-10,12-13,15,22H,6-8,11H2,1H3,(H,26,27)/t22-/m1/s1. The van der Waals surface area contributed by atoms with E-state index in [1.807, 2.05) is 29.8 Å². The highest BCUT2D eigenvalue weighted by Crippen LogP contribution is 2.43. The van der Waals surface area contributed by atoms with E-state index >= 15 is 0 Å². The second-order valence-electron chi connectivity index (χ2n) is 8.81. The fraction of sp³-hybridized carbons (Fsp3) is 0.292. The summed E-state index contributed by atoms with van der Waals surface area (Å²) in [5.41, 5.74) is 7.21. The van der Waals surface area contributed by atoms with Crippen LogP contribution in [-0.4, -0.2) is 41.3 Å². The molecule has 5 aromatic heterocycles. The Bertz CT molecular complexity index is 1480. The summed E-state index contributed by atoms with van der Waals surface area (Å²) in [6.07, 6.45) is 8.81. The van der Waals surface area contributed by atoms with Gasteiger partial charge in [0.15, 0.2) is 0 Å². The van der Waals surface area contributed by atoms with E-state index in [0.717, 1.165) is 34.6 Å². The van der Waals surface area contributed by atoms with Crippen molar-refractivity contribution in [1.82, 2.24) is 34.8 Å². The number of nitrogens with zero attached hydrogens (tertiary/aromatic N) is 7. The monoisotopic (exact) mass is 438 g/mol. The van der Waals surface area contributed by atoms with Crippen LogP contribution in [0.2, 0.25) is 0 Å². The van der Waals surface area contributed by atoms with Gasteiger partial charge in [0.05, 0.1) is 23.2 Å². The maximum absolute atomic E-state index is 6.15. The molecule has 33 heavy (non-hydrogen) atoms. The van der Waals surface area contributed by atoms with Crippen molar-refractivity contribution in [2.45, 2.75) is 38.1 Å². The number of imidazole rings is 1. The summed E-state index contributed by atoms with van der Waals surface area (Å²) >= 11 is 0. The minimum absolute atomic E-state index is 0.218. The number of nitrogens with one attached hydrogen (secondary N) is 1. The molecule has 0 amide bonds. The fourth-order valence-corrected chi connectivity index (χ4v) is 4.85. The Kier molecular flexibility index (Phi) is 3.93. The third-order valence-corrected chi connectivity index (χ3v) is 6.65. The highest BCUT2D eigenvalue weighted by molar-refractivity contribution is 5.60. The van der Waals surface area contributed by atoms with Crippen LogP contribution in [-0.2, 0) is 6.42 Å². The number of hydrogen-bond donors (Lipinski definition) is 1. The van der Waals surface area contributed by atoms with Gasteiger partial charge in [-0.25, -0.2) is 9.50 Å². The van der Waals surface area contributed by atoms with Crippen LogP contribution in [0.15, 0.2) is 53.5 Å². The van der Waals surface area contributed by atoms with E-state index in [2.05, 4.69) is 48.2 Å². The second kappa shape index (κ2) is 6.99. The third kappa shape index (κ3) is 2.95. The molecule has 1 aliphatic carbocycles. The zero-order chi connectivity index (χ0) is 21.9. The molecule has 0 spiro atoms. The first kappa shape index (κ1) is 18.6. The van der Waals surface area contributed by atoms with E-state index in [9.17, 15) is 0 Å². The van der Waals surface area contributed by atoms with Crippen LogP contribution in [0.5, 0.6) is 0 Å². The normalized spacial score (nSPS) is 18.1. The number of H-pyrrole nitrogens is 1. The topological polar surface area (TPSA) is 101 Å². The molecule has 5 aromatic rings. The molecule has 1 aliphatic heterocycles. The summed E-state index contributed by atoms with van der Waals surface area (Å²) in [7, 11) is 0. The van der Waals surface area contributed by atoms with Gasteiger partial charge in [0, 0.05) is 31.1 Å². The smallest absolute Gasteiger partial charge is 0.319 e. The molecule has 1 N–H and O–H groups in total. The molecule has 9 heteroatoms. The van der Waals surface area contributed by atoms with Crippen LogP contribution in [0.3, 0.4) is 0 Å². The van der Waals surface area contributed by atoms with Gasteiger partial charge in [0.1, 0.15) is 11.7 Å². The van der Waals surface area contributed by atoms with Crippen LogP contribution in [0.25, 0.3) is 17.1 Å². The quantitative estimate of drug-likeness (QED) is 0.455. The van der Waals surface area contributed by atoms with E-state index < -0.39 is 0 Å². The minimum atomic E-state index is -0.218. The molecule has 7 rings (SSSR count). The number of aryl methyl sites for hydroxylation is 1. The highest BCUT2D eigenvalue weighted by Gasteiger charge is 2.36. The van der Waals surface area contributed by atoms with E-state index in [-0.39, 0.29) is 6.04 Å². The van der Waals surface area contributed by atoms with Crippen molar-refractivity contribution in [3.63, 3.8) is 0 Å². The predicted octanol–water partition coefficient (Wildman–Crippen LogP) is 3.84. The van der Waals surface area contributed by atoms with Crippen molar-refractivity contribution in [2.75, 3.05) is 11.4 Å². The van der Waals surface area contributed by atoms with Crippen molar-refractivity contribution in [3.8, 4) is 11.6 Å². The van der Waals surface area contributed by atoms with Gasteiger partial charge >= 0.3 is 6.01 Å². The Labute approximate surface area is 189 Å². The van der Waals surface area contributed by atoms with Crippen LogP contribution >= 0.6 is 0 Å². The largest absolute Gasteiger partial charge is 0.402 e. The number of rotatable bonds is 4. The number of pyridine rings is 2. The van der Waals surface area contributed by atoms with E-state index in [0.29, 0.717) is 30.1 Å². The van der Waals surface area contributed by atoms with Crippen LogP contribution < -0.4 is 4.90 Å². The maximum atomic E-state index is 6.15. The van der Waals surface area contributed by atoms with Crippen molar-refractivity contribution >= 4 is 11.5 Å². The van der Waals surface area contributed by atoms with Crippen LogP contribution in [0, 0.1) is 6.92 Å². The van der Waals surface area contributed by atoms with Gasteiger partial charge in [0.25, 0.3) is 5.89 Å². The Morgan fingerprint density at radius 2 is 2.06 bits per heavy atom. The van der Waals surface area contributed by atoms with E-state index in [1.165, 1.54) is 18.4 Å². The Balaban J connectivity index is 1.34. The van der Waals surface area contributed by atoms with Crippen molar-refractivity contribution in [3.05, 3.63) is 77.3 Å². The first-order chi connectivity index (χ1) is 16.3. The van der Waals surface area contributed by atoms with Crippen molar-refractivity contribution in [2.24, 2.45) is 0 Å². The molecule has 0 saturated heterocycles. The van der Waals surface area contributed by atoms with Crippen LogP contribution in [0.4, 0.5) is 6.01 Å². The van der Waals surface area contributed by atoms with E-state index in [4.69, 9.17) is 9.52 Å². The average molecular weight is 438 g/mol. The lowest BCUT2D eigenvalue weighted by atomic mass is 10.00. The molecule has 0 aromatic carbocycles. The molecule has 0 radical (unpaired) electrons. The van der Waals surface area contributed by atoms with Crippen LogP contribution in [0.1, 0.15) is 53.0 Å². The van der Waals surface area contributed by atoms with E-state index in [1.54, 1.807) is 12.5 Å². The summed E-state index contributed by atoms with van der Waals surface area (Å²) in [5.74, 6) is 1.06. The van der Waals surface area contributed by atoms with Gasteiger partial charge in [-0.2, -0.15) is 5.10 Å². The van der Waals surface area contributed by atoms with Gasteiger partial charge in [-0.1, -0.05) is 17.2 Å². The van der Waals surface area contributed by atoms with Crippen molar-refractivity contribution < 1.29 is 4.42 Å². The summed E-state index contributed by atoms with van der Waals surface area (Å²) in [4.78, 5) is 14.5. The number of aromatic nitrogens is 7. The Hall–Kier alpha value is -4.01. The second-order valence-corrected chi connectivity index (χ2v) is 8.81. The molecule has 1 saturated carbocycles. The van der Waals surface area contributed by atoms with Gasteiger partial charge in [-0.15, -0.1) is 5.10 Å². The molecular formula is C24H22N8O. The van der Waals surface area contributed by atoms with Gasteiger partial charge in [0.2, 0.25) is 0 Å². The highest BCUT2D eigenvalue weighted by atomic mass is 16.4. The fourth-order valence-electron chi connectivity index (χ4n) is 4.85. The Morgan fingerprint density at radius 1 is 1.12 bits per heavy atom. The predicted molar refractivity (Wildman–Crippen MR) is 121 cm³/mol. The summed E-state index contributed by atoms with van der Waals surface area (Å²) in [5, 5.41) is 13.7. The molecular weight excluding hydrogens is 416 g/mol. The average Bonchev–Trinajstić information content (AvgIpc) is 3.22. The number of anilines is 1. The van der Waals surface area contributed by atoms with Gasteiger partial charge < -0.3 is 14.3 Å². The summed E-state index contributed by atoms with van der Waals surface area (Å²) in [6, 6.07) is 10.6. The molecule has 2 aliphatic rings. The molecule has 164 valence electrons. The first-order valence-corrected chi connectivity index (χ1v) is 11.3. The zero-order valence-corrected chi connectivity index (χ0v) is 18.1. The summed E-state index contributed by atoms with van der Waals surface area (Å²) < 4.78 is 8.13. The molecule has 6 heterocycles.